The third kappa shape index (κ3) is 6.68. The predicted octanol–water partition coefficient (Wildman–Crippen LogP) is 4.89. The summed E-state index contributed by atoms with van der Waals surface area (Å²) in [5.74, 6) is 0.591. The fourth-order valence-electron chi connectivity index (χ4n) is 2.64. The topological polar surface area (TPSA) is 38.3 Å². The molecule has 1 saturated carbocycles. The number of hydrogen-bond acceptors (Lipinski definition) is 4. The number of benzene rings is 1. The molecular weight excluding hydrogens is 385 g/mol. The molecule has 0 unspecified atom stereocenters. The third-order valence-corrected chi connectivity index (χ3v) is 7.60. The van der Waals surface area contributed by atoms with Crippen LogP contribution in [0.4, 0.5) is 0 Å². The lowest BCUT2D eigenvalue weighted by atomic mass is 10.00. The van der Waals surface area contributed by atoms with E-state index < -0.39 is 0 Å². The smallest absolute Gasteiger partial charge is 0.230 e. The number of ether oxygens (including phenoxy) is 1. The number of thioether (sulfide) groups is 2. The lowest BCUT2D eigenvalue weighted by Crippen LogP contribution is -2.31. The van der Waals surface area contributed by atoms with E-state index in [0.717, 1.165) is 11.3 Å². The van der Waals surface area contributed by atoms with Gasteiger partial charge in [0.25, 0.3) is 0 Å². The van der Waals surface area contributed by atoms with E-state index in [1.807, 2.05) is 30.0 Å². The quantitative estimate of drug-likeness (QED) is 0.622. The monoisotopic (exact) mass is 407 g/mol. The Morgan fingerprint density at radius 2 is 2.00 bits per heavy atom. The Bertz CT molecular complexity index is 545. The van der Waals surface area contributed by atoms with Crippen molar-refractivity contribution in [3.05, 3.63) is 28.2 Å². The van der Waals surface area contributed by atoms with Crippen LogP contribution >= 0.6 is 46.7 Å². The third-order valence-electron chi connectivity index (χ3n) is 3.88. The minimum atomic E-state index is 0.0842. The van der Waals surface area contributed by atoms with Gasteiger partial charge in [0.1, 0.15) is 0 Å². The average Bonchev–Trinajstić information content (AvgIpc) is 2.58. The number of carbonyl (C=O) groups is 1. The number of rotatable bonds is 8. The number of halogens is 2. The summed E-state index contributed by atoms with van der Waals surface area (Å²) >= 11 is 15.7. The second-order valence-electron chi connectivity index (χ2n) is 5.71. The lowest BCUT2D eigenvalue weighted by molar-refractivity contribution is -0.118. The highest BCUT2D eigenvalue weighted by Gasteiger charge is 2.27. The van der Waals surface area contributed by atoms with E-state index in [4.69, 9.17) is 27.9 Å². The van der Waals surface area contributed by atoms with Gasteiger partial charge in [0, 0.05) is 29.0 Å². The van der Waals surface area contributed by atoms with Crippen LogP contribution in [0.5, 0.6) is 0 Å². The number of carbonyl (C=O) groups excluding carboxylic acids is 1. The molecule has 0 saturated heterocycles. The van der Waals surface area contributed by atoms with Crippen LogP contribution < -0.4 is 5.32 Å². The van der Waals surface area contributed by atoms with Crippen molar-refractivity contribution in [2.75, 3.05) is 26.0 Å². The van der Waals surface area contributed by atoms with Crippen molar-refractivity contribution in [2.24, 2.45) is 0 Å². The molecule has 134 valence electrons. The van der Waals surface area contributed by atoms with Gasteiger partial charge in [-0.2, -0.15) is 0 Å². The molecule has 0 aliphatic heterocycles. The molecule has 2 atom stereocenters. The highest BCUT2D eigenvalue weighted by atomic mass is 35.5. The maximum Gasteiger partial charge on any atom is 0.230 e. The molecular formula is C17H23Cl2NO2S2. The van der Waals surface area contributed by atoms with Crippen molar-refractivity contribution in [1.29, 1.82) is 0 Å². The van der Waals surface area contributed by atoms with E-state index in [9.17, 15) is 4.79 Å². The largest absolute Gasteiger partial charge is 0.383 e. The summed E-state index contributed by atoms with van der Waals surface area (Å²) in [4.78, 5) is 13.0. The first-order chi connectivity index (χ1) is 11.6. The molecule has 1 N–H and O–H groups in total. The summed E-state index contributed by atoms with van der Waals surface area (Å²) in [5.41, 5.74) is 0. The van der Waals surface area contributed by atoms with E-state index >= 15 is 0 Å². The highest BCUT2D eigenvalue weighted by molar-refractivity contribution is 8.04. The zero-order valence-corrected chi connectivity index (χ0v) is 16.9. The molecule has 1 aromatic carbocycles. The minimum absolute atomic E-state index is 0.0842. The van der Waals surface area contributed by atoms with E-state index in [2.05, 4.69) is 5.32 Å². The Balaban J connectivity index is 1.85. The second kappa shape index (κ2) is 10.8. The van der Waals surface area contributed by atoms with Crippen LogP contribution in [0.1, 0.15) is 25.7 Å². The summed E-state index contributed by atoms with van der Waals surface area (Å²) in [7, 11) is 1.63. The summed E-state index contributed by atoms with van der Waals surface area (Å²) in [6, 6.07) is 5.80. The zero-order chi connectivity index (χ0) is 17.4. The SMILES string of the molecule is COCCNC(=O)CS[C@@H]1CCCC[C@H]1Sc1ccc(Cl)c(Cl)c1. The van der Waals surface area contributed by atoms with E-state index in [1.165, 1.54) is 19.3 Å². The van der Waals surface area contributed by atoms with Crippen LogP contribution in [0, 0.1) is 0 Å². The molecule has 1 aliphatic carbocycles. The van der Waals surface area contributed by atoms with Gasteiger partial charge in [-0.3, -0.25) is 4.79 Å². The van der Waals surface area contributed by atoms with Gasteiger partial charge in [-0.15, -0.1) is 23.5 Å². The van der Waals surface area contributed by atoms with Crippen molar-refractivity contribution < 1.29 is 9.53 Å². The van der Waals surface area contributed by atoms with Crippen molar-refractivity contribution >= 4 is 52.6 Å². The summed E-state index contributed by atoms with van der Waals surface area (Å²) in [6.45, 7) is 1.12. The van der Waals surface area contributed by atoms with Crippen molar-refractivity contribution in [3.63, 3.8) is 0 Å². The van der Waals surface area contributed by atoms with Crippen LogP contribution in [0.15, 0.2) is 23.1 Å². The number of hydrogen-bond donors (Lipinski definition) is 1. The molecule has 0 bridgehead atoms. The van der Waals surface area contributed by atoms with Crippen LogP contribution in [0.2, 0.25) is 10.0 Å². The van der Waals surface area contributed by atoms with Gasteiger partial charge in [0.15, 0.2) is 0 Å². The molecule has 3 nitrogen and oxygen atoms in total. The van der Waals surface area contributed by atoms with Gasteiger partial charge >= 0.3 is 0 Å². The Morgan fingerprint density at radius 3 is 2.71 bits per heavy atom. The summed E-state index contributed by atoms with van der Waals surface area (Å²) in [6.07, 6.45) is 4.82. The van der Waals surface area contributed by atoms with Crippen LogP contribution in [0.25, 0.3) is 0 Å². The average molecular weight is 408 g/mol. The first-order valence-corrected chi connectivity index (χ1v) is 10.8. The first-order valence-electron chi connectivity index (χ1n) is 8.09. The maximum absolute atomic E-state index is 11.9. The normalized spacial score (nSPS) is 20.8. The molecule has 1 amide bonds. The molecule has 7 heteroatoms. The maximum atomic E-state index is 11.9. The van der Waals surface area contributed by atoms with Gasteiger partial charge in [0.05, 0.1) is 22.4 Å². The zero-order valence-electron chi connectivity index (χ0n) is 13.7. The standard InChI is InChI=1S/C17H23Cl2NO2S2/c1-22-9-8-20-17(21)11-23-15-4-2-3-5-16(15)24-12-6-7-13(18)14(19)10-12/h6-7,10,15-16H,2-5,8-9,11H2,1H3,(H,20,21)/t15-,16-/m1/s1. The molecule has 2 rings (SSSR count). The molecule has 1 aromatic rings. The molecule has 0 heterocycles. The molecule has 1 aliphatic rings. The Kier molecular flexibility index (Phi) is 9.12. The van der Waals surface area contributed by atoms with Crippen molar-refractivity contribution in [2.45, 2.75) is 41.1 Å². The van der Waals surface area contributed by atoms with E-state index in [1.54, 1.807) is 18.9 Å². The summed E-state index contributed by atoms with van der Waals surface area (Å²) in [5, 5.41) is 5.06. The Hall–Kier alpha value is -0.0700. The number of methoxy groups -OCH3 is 1. The first kappa shape index (κ1) is 20.2. The van der Waals surface area contributed by atoms with Gasteiger partial charge in [-0.1, -0.05) is 36.0 Å². The van der Waals surface area contributed by atoms with Crippen LogP contribution in [0.3, 0.4) is 0 Å². The van der Waals surface area contributed by atoms with Gasteiger partial charge in [0.2, 0.25) is 5.91 Å². The Labute approximate surface area is 162 Å². The fraction of sp³-hybridized carbons (Fsp3) is 0.588. The Morgan fingerprint density at radius 1 is 1.25 bits per heavy atom. The second-order valence-corrected chi connectivity index (χ2v) is 9.06. The van der Waals surface area contributed by atoms with E-state index in [-0.39, 0.29) is 5.91 Å². The highest BCUT2D eigenvalue weighted by Crippen LogP contribution is 2.40. The van der Waals surface area contributed by atoms with Gasteiger partial charge < -0.3 is 10.1 Å². The fourth-order valence-corrected chi connectivity index (χ4v) is 5.81. The van der Waals surface area contributed by atoms with Crippen LogP contribution in [-0.2, 0) is 9.53 Å². The summed E-state index contributed by atoms with van der Waals surface area (Å²) < 4.78 is 4.94. The van der Waals surface area contributed by atoms with Crippen molar-refractivity contribution in [1.82, 2.24) is 5.32 Å². The predicted molar refractivity (Wildman–Crippen MR) is 106 cm³/mol. The molecule has 0 aromatic heterocycles. The minimum Gasteiger partial charge on any atom is -0.383 e. The van der Waals surface area contributed by atoms with Crippen molar-refractivity contribution in [3.8, 4) is 0 Å². The molecule has 24 heavy (non-hydrogen) atoms. The van der Waals surface area contributed by atoms with Crippen LogP contribution in [-0.4, -0.2) is 42.4 Å². The number of amides is 1. The lowest BCUT2D eigenvalue weighted by Gasteiger charge is -2.30. The van der Waals surface area contributed by atoms with Gasteiger partial charge in [-0.05, 0) is 31.0 Å². The molecule has 1 fully saturated rings. The van der Waals surface area contributed by atoms with Gasteiger partial charge in [-0.25, -0.2) is 0 Å². The van der Waals surface area contributed by atoms with E-state index in [0.29, 0.717) is 39.4 Å². The number of nitrogens with one attached hydrogen (secondary N) is 1. The molecule has 0 spiro atoms. The molecule has 0 radical (unpaired) electrons.